The molecule has 1 heterocycles. The first-order valence-electron chi connectivity index (χ1n) is 8.91. The molecule has 2 aromatic rings. The molecule has 3 N–H and O–H groups in total. The van der Waals surface area contributed by atoms with E-state index in [4.69, 9.17) is 9.47 Å². The molecular weight excluding hydrogens is 471 g/mol. The van der Waals surface area contributed by atoms with E-state index in [-0.39, 0.29) is 36.7 Å². The number of nitrogens with one attached hydrogen (secondary N) is 3. The van der Waals surface area contributed by atoms with Crippen LogP contribution in [0.5, 0.6) is 11.5 Å². The van der Waals surface area contributed by atoms with Crippen LogP contribution in [0.25, 0.3) is 0 Å². The lowest BCUT2D eigenvalue weighted by Crippen LogP contribution is -2.36. The number of hydrogen-bond acceptors (Lipinski definition) is 4. The van der Waals surface area contributed by atoms with Crippen LogP contribution in [0.2, 0.25) is 0 Å². The highest BCUT2D eigenvalue weighted by molar-refractivity contribution is 14.0. The van der Waals surface area contributed by atoms with Gasteiger partial charge in [-0.25, -0.2) is 4.99 Å². The third-order valence-corrected chi connectivity index (χ3v) is 3.91. The average molecular weight is 496 g/mol. The molecule has 0 unspecified atom stereocenters. The Morgan fingerprint density at radius 2 is 1.89 bits per heavy atom. The van der Waals surface area contributed by atoms with Crippen LogP contribution in [-0.2, 0) is 17.9 Å². The highest BCUT2D eigenvalue weighted by Gasteiger charge is 2.13. The number of ether oxygens (including phenoxy) is 2. The van der Waals surface area contributed by atoms with Gasteiger partial charge in [0.2, 0.25) is 12.7 Å². The summed E-state index contributed by atoms with van der Waals surface area (Å²) in [6, 6.07) is 13.6. The van der Waals surface area contributed by atoms with E-state index in [9.17, 15) is 4.79 Å². The molecule has 0 saturated heterocycles. The summed E-state index contributed by atoms with van der Waals surface area (Å²) in [4.78, 5) is 15.8. The van der Waals surface area contributed by atoms with Crippen molar-refractivity contribution in [3.8, 4) is 11.5 Å². The standard InChI is InChI=1S/C20H24N4O3.HI/c1-3-21-20(22-11-15-5-4-6-17(9-15)24-14(2)25)23-12-16-7-8-18-19(10-16)27-13-26-18;/h4-10H,3,11-13H2,1-2H3,(H,24,25)(H2,21,22,23);1H. The highest BCUT2D eigenvalue weighted by Crippen LogP contribution is 2.32. The molecule has 3 rings (SSSR count). The minimum Gasteiger partial charge on any atom is -0.454 e. The second-order valence-electron chi connectivity index (χ2n) is 6.12. The van der Waals surface area contributed by atoms with Crippen molar-refractivity contribution in [2.75, 3.05) is 18.7 Å². The van der Waals surface area contributed by atoms with Crippen LogP contribution in [0.15, 0.2) is 47.5 Å². The van der Waals surface area contributed by atoms with Crippen LogP contribution in [0, 0.1) is 0 Å². The summed E-state index contributed by atoms with van der Waals surface area (Å²) in [6.45, 7) is 5.67. The molecule has 0 fully saturated rings. The fraction of sp³-hybridized carbons (Fsp3) is 0.300. The summed E-state index contributed by atoms with van der Waals surface area (Å²) in [5.41, 5.74) is 2.87. The Balaban J connectivity index is 0.00000280. The smallest absolute Gasteiger partial charge is 0.231 e. The van der Waals surface area contributed by atoms with Gasteiger partial charge >= 0.3 is 0 Å². The van der Waals surface area contributed by atoms with Crippen LogP contribution in [0.1, 0.15) is 25.0 Å². The van der Waals surface area contributed by atoms with Crippen LogP contribution in [0.4, 0.5) is 5.69 Å². The zero-order chi connectivity index (χ0) is 19.1. The van der Waals surface area contributed by atoms with E-state index in [0.717, 1.165) is 40.8 Å². The third-order valence-electron chi connectivity index (χ3n) is 3.91. The number of carbonyl (C=O) groups excluding carboxylic acids is 1. The second-order valence-corrected chi connectivity index (χ2v) is 6.12. The number of guanidine groups is 1. The second kappa shape index (κ2) is 10.7. The molecule has 150 valence electrons. The Bertz CT molecular complexity index is 842. The molecule has 1 amide bonds. The fourth-order valence-corrected chi connectivity index (χ4v) is 2.70. The van der Waals surface area contributed by atoms with Crippen molar-refractivity contribution in [3.05, 3.63) is 53.6 Å². The minimum atomic E-state index is -0.0885. The summed E-state index contributed by atoms with van der Waals surface area (Å²) in [6.07, 6.45) is 0. The number of halogens is 1. The Labute approximate surface area is 181 Å². The first kappa shape index (κ1) is 21.8. The van der Waals surface area contributed by atoms with E-state index in [0.29, 0.717) is 13.1 Å². The number of anilines is 1. The van der Waals surface area contributed by atoms with Gasteiger partial charge in [0.15, 0.2) is 17.5 Å². The van der Waals surface area contributed by atoms with Crippen LogP contribution < -0.4 is 25.4 Å². The van der Waals surface area contributed by atoms with E-state index in [2.05, 4.69) is 20.9 Å². The summed E-state index contributed by atoms with van der Waals surface area (Å²) >= 11 is 0. The Hall–Kier alpha value is -2.49. The molecule has 8 heteroatoms. The minimum absolute atomic E-state index is 0. The zero-order valence-electron chi connectivity index (χ0n) is 16.0. The molecule has 0 spiro atoms. The first-order chi connectivity index (χ1) is 13.1. The van der Waals surface area contributed by atoms with Gasteiger partial charge in [-0.05, 0) is 42.3 Å². The van der Waals surface area contributed by atoms with Crippen molar-refractivity contribution in [3.63, 3.8) is 0 Å². The number of carbonyl (C=O) groups is 1. The molecule has 0 saturated carbocycles. The van der Waals surface area contributed by atoms with Crippen LogP contribution >= 0.6 is 24.0 Å². The Kier molecular flexibility index (Phi) is 8.37. The molecule has 0 aliphatic carbocycles. The van der Waals surface area contributed by atoms with Gasteiger partial charge in [0, 0.05) is 25.7 Å². The number of fused-ring (bicyclic) bond motifs is 1. The van der Waals surface area contributed by atoms with Gasteiger partial charge in [0.1, 0.15) is 0 Å². The fourth-order valence-electron chi connectivity index (χ4n) is 2.70. The average Bonchev–Trinajstić information content (AvgIpc) is 3.11. The van der Waals surface area contributed by atoms with Crippen molar-refractivity contribution < 1.29 is 14.3 Å². The largest absolute Gasteiger partial charge is 0.454 e. The number of rotatable bonds is 6. The van der Waals surface area contributed by atoms with Crippen molar-refractivity contribution >= 4 is 41.5 Å². The maximum absolute atomic E-state index is 11.2. The van der Waals surface area contributed by atoms with Gasteiger partial charge < -0.3 is 25.4 Å². The highest BCUT2D eigenvalue weighted by atomic mass is 127. The van der Waals surface area contributed by atoms with E-state index < -0.39 is 0 Å². The van der Waals surface area contributed by atoms with Gasteiger partial charge in [-0.15, -0.1) is 24.0 Å². The topological polar surface area (TPSA) is 84.0 Å². The van der Waals surface area contributed by atoms with Crippen LogP contribution in [-0.4, -0.2) is 25.2 Å². The molecular formula is C20H25IN4O3. The van der Waals surface area contributed by atoms with E-state index in [1.807, 2.05) is 49.4 Å². The number of aliphatic imine (C=N–C) groups is 1. The van der Waals surface area contributed by atoms with Gasteiger partial charge in [-0.3, -0.25) is 4.79 Å². The monoisotopic (exact) mass is 496 g/mol. The van der Waals surface area contributed by atoms with Crippen LogP contribution in [0.3, 0.4) is 0 Å². The van der Waals surface area contributed by atoms with Crippen molar-refractivity contribution in [1.29, 1.82) is 0 Å². The quantitative estimate of drug-likeness (QED) is 0.325. The summed E-state index contributed by atoms with van der Waals surface area (Å²) in [5, 5.41) is 9.34. The summed E-state index contributed by atoms with van der Waals surface area (Å²) in [5.74, 6) is 2.18. The molecule has 28 heavy (non-hydrogen) atoms. The lowest BCUT2D eigenvalue weighted by atomic mass is 10.2. The first-order valence-corrected chi connectivity index (χ1v) is 8.91. The van der Waals surface area contributed by atoms with Gasteiger partial charge in [-0.1, -0.05) is 18.2 Å². The number of hydrogen-bond donors (Lipinski definition) is 3. The van der Waals surface area contributed by atoms with Crippen molar-refractivity contribution in [1.82, 2.24) is 10.6 Å². The van der Waals surface area contributed by atoms with E-state index >= 15 is 0 Å². The number of nitrogens with zero attached hydrogens (tertiary/aromatic N) is 1. The maximum Gasteiger partial charge on any atom is 0.231 e. The SMILES string of the molecule is CCNC(=NCc1cccc(NC(C)=O)c1)NCc1ccc2c(c1)OCO2.I. The molecule has 1 aliphatic rings. The van der Waals surface area contributed by atoms with Gasteiger partial charge in [0.05, 0.1) is 6.54 Å². The molecule has 0 radical (unpaired) electrons. The normalized spacial score (nSPS) is 12.1. The summed E-state index contributed by atoms with van der Waals surface area (Å²) in [7, 11) is 0. The molecule has 2 aromatic carbocycles. The van der Waals surface area contributed by atoms with E-state index in [1.54, 1.807) is 0 Å². The van der Waals surface area contributed by atoms with Crippen molar-refractivity contribution in [2.45, 2.75) is 26.9 Å². The molecule has 0 aromatic heterocycles. The Morgan fingerprint density at radius 1 is 1.07 bits per heavy atom. The lowest BCUT2D eigenvalue weighted by molar-refractivity contribution is -0.114. The number of amides is 1. The molecule has 1 aliphatic heterocycles. The van der Waals surface area contributed by atoms with Gasteiger partial charge in [0.25, 0.3) is 0 Å². The summed E-state index contributed by atoms with van der Waals surface area (Å²) < 4.78 is 10.7. The predicted molar refractivity (Wildman–Crippen MR) is 120 cm³/mol. The third kappa shape index (κ3) is 6.29. The number of benzene rings is 2. The van der Waals surface area contributed by atoms with Gasteiger partial charge in [-0.2, -0.15) is 0 Å². The van der Waals surface area contributed by atoms with Crippen molar-refractivity contribution in [2.24, 2.45) is 4.99 Å². The molecule has 0 bridgehead atoms. The zero-order valence-corrected chi connectivity index (χ0v) is 18.3. The molecule has 7 nitrogen and oxygen atoms in total. The maximum atomic E-state index is 11.2. The Morgan fingerprint density at radius 3 is 2.68 bits per heavy atom. The van der Waals surface area contributed by atoms with E-state index in [1.165, 1.54) is 6.92 Å². The lowest BCUT2D eigenvalue weighted by Gasteiger charge is -2.12. The predicted octanol–water partition coefficient (Wildman–Crippen LogP) is 3.25. The molecule has 0 atom stereocenters.